The van der Waals surface area contributed by atoms with E-state index in [0.717, 1.165) is 38.5 Å². The lowest BCUT2D eigenvalue weighted by Crippen LogP contribution is -2.73. The van der Waals surface area contributed by atoms with E-state index in [2.05, 4.69) is 13.8 Å². The predicted molar refractivity (Wildman–Crippen MR) is 112 cm³/mol. The van der Waals surface area contributed by atoms with E-state index in [1.165, 1.54) is 32.1 Å². The topological polar surface area (TPSA) is 138 Å². The lowest BCUT2D eigenvalue weighted by molar-refractivity contribution is -0.406. The zero-order chi connectivity index (χ0) is 23.0. The summed E-state index contributed by atoms with van der Waals surface area (Å²) in [4.78, 5) is 11.3. The number of hydrogen-bond donors (Lipinski definition) is 6. The third-order valence-corrected chi connectivity index (χ3v) is 10.8. The first-order chi connectivity index (χ1) is 14.2. The summed E-state index contributed by atoms with van der Waals surface area (Å²) in [6, 6.07) is 0. The number of aliphatic hydroxyl groups is 5. The maximum atomic E-state index is 11.3. The van der Waals surface area contributed by atoms with E-state index in [9.17, 15) is 30.3 Å². The first kappa shape index (κ1) is 23.4. The van der Waals surface area contributed by atoms with Crippen molar-refractivity contribution in [3.63, 3.8) is 0 Å². The second kappa shape index (κ2) is 7.13. The van der Waals surface area contributed by atoms with Gasteiger partial charge >= 0.3 is 11.8 Å². The van der Waals surface area contributed by atoms with E-state index in [0.29, 0.717) is 29.6 Å². The first-order valence-electron chi connectivity index (χ1n) is 12.1. The summed E-state index contributed by atoms with van der Waals surface area (Å²) in [5, 5.41) is 61.4. The van der Waals surface area contributed by atoms with Crippen molar-refractivity contribution in [3.05, 3.63) is 0 Å². The fraction of sp³-hybridized carbons (Fsp3) is 0.958. The Hall–Kier alpha value is -0.730. The molecule has 4 rings (SSSR count). The zero-order valence-corrected chi connectivity index (χ0v) is 19.0. The molecule has 4 fully saturated rings. The summed E-state index contributed by atoms with van der Waals surface area (Å²) in [5.74, 6) is -8.12. The van der Waals surface area contributed by atoms with Crippen molar-refractivity contribution < 1.29 is 35.4 Å². The summed E-state index contributed by atoms with van der Waals surface area (Å²) in [5.41, 5.74) is -2.47. The Bertz CT molecular complexity index is 731. The fourth-order valence-corrected chi connectivity index (χ4v) is 8.96. The van der Waals surface area contributed by atoms with Gasteiger partial charge in [-0.2, -0.15) is 0 Å². The van der Waals surface area contributed by atoms with Gasteiger partial charge in [-0.05, 0) is 98.7 Å². The standard InChI is InChI=1S/C24H40O7/c1-20-12-5-4-6-14(20)7-8-15-16-9-10-18(21(16,2)13-11-17(15)20)22(3,27)24(30,31)23(28,29)19(25)26/h14-18,27-31H,4-13H2,1-3H3,(H,25,26)/t14?,15-,16-,17-,18-,20-,21-,22+/m0/s1. The molecule has 8 atom stereocenters. The molecule has 31 heavy (non-hydrogen) atoms. The molecule has 4 aliphatic carbocycles. The van der Waals surface area contributed by atoms with Crippen molar-refractivity contribution in [2.45, 2.75) is 102 Å². The molecule has 1 unspecified atom stereocenters. The third kappa shape index (κ3) is 2.99. The minimum absolute atomic E-state index is 0.301. The molecule has 7 heteroatoms. The van der Waals surface area contributed by atoms with Crippen LogP contribution in [-0.4, -0.2) is 53.8 Å². The molecular formula is C24H40O7. The van der Waals surface area contributed by atoms with E-state index in [1.807, 2.05) is 0 Å². The van der Waals surface area contributed by atoms with Gasteiger partial charge in [0.05, 0.1) is 0 Å². The molecule has 0 spiro atoms. The number of aliphatic carboxylic acids is 1. The van der Waals surface area contributed by atoms with E-state index in [-0.39, 0.29) is 0 Å². The van der Waals surface area contributed by atoms with Crippen LogP contribution in [0, 0.1) is 40.4 Å². The van der Waals surface area contributed by atoms with Crippen LogP contribution in [0.5, 0.6) is 0 Å². The second-order valence-corrected chi connectivity index (χ2v) is 11.9. The number of rotatable bonds is 4. The van der Waals surface area contributed by atoms with Crippen LogP contribution in [0.2, 0.25) is 0 Å². The van der Waals surface area contributed by atoms with E-state index >= 15 is 0 Å². The molecule has 0 heterocycles. The molecular weight excluding hydrogens is 400 g/mol. The largest absolute Gasteiger partial charge is 0.477 e. The minimum atomic E-state index is -3.88. The van der Waals surface area contributed by atoms with Crippen molar-refractivity contribution in [1.82, 2.24) is 0 Å². The van der Waals surface area contributed by atoms with E-state index in [4.69, 9.17) is 5.11 Å². The molecule has 7 nitrogen and oxygen atoms in total. The molecule has 4 saturated carbocycles. The van der Waals surface area contributed by atoms with Gasteiger partial charge in [-0.1, -0.05) is 26.7 Å². The molecule has 0 amide bonds. The van der Waals surface area contributed by atoms with Crippen molar-refractivity contribution in [2.75, 3.05) is 0 Å². The van der Waals surface area contributed by atoms with Crippen molar-refractivity contribution in [2.24, 2.45) is 40.4 Å². The zero-order valence-electron chi connectivity index (χ0n) is 19.0. The van der Waals surface area contributed by atoms with Crippen molar-refractivity contribution in [1.29, 1.82) is 0 Å². The maximum Gasteiger partial charge on any atom is 0.370 e. The Morgan fingerprint density at radius 2 is 1.45 bits per heavy atom. The normalized spacial score (nSPS) is 45.2. The van der Waals surface area contributed by atoms with Gasteiger partial charge in [0, 0.05) is 0 Å². The van der Waals surface area contributed by atoms with Crippen LogP contribution in [0.4, 0.5) is 0 Å². The fourth-order valence-electron chi connectivity index (χ4n) is 8.96. The van der Waals surface area contributed by atoms with E-state index in [1.54, 1.807) is 0 Å². The molecule has 0 radical (unpaired) electrons. The highest BCUT2D eigenvalue weighted by atomic mass is 16.6. The Morgan fingerprint density at radius 3 is 2.10 bits per heavy atom. The van der Waals surface area contributed by atoms with Crippen LogP contribution in [-0.2, 0) is 4.79 Å². The molecule has 0 aliphatic heterocycles. The third-order valence-electron chi connectivity index (χ3n) is 10.8. The van der Waals surface area contributed by atoms with Crippen LogP contribution in [0.15, 0.2) is 0 Å². The van der Waals surface area contributed by atoms with Crippen molar-refractivity contribution in [3.8, 4) is 0 Å². The lowest BCUT2D eigenvalue weighted by atomic mass is 9.44. The number of carboxylic acid groups (broad SMARTS) is 1. The van der Waals surface area contributed by atoms with Crippen LogP contribution >= 0.6 is 0 Å². The molecule has 0 aromatic carbocycles. The van der Waals surface area contributed by atoms with Crippen molar-refractivity contribution >= 4 is 5.97 Å². The van der Waals surface area contributed by atoms with Crippen LogP contribution < -0.4 is 0 Å². The van der Waals surface area contributed by atoms with E-state index < -0.39 is 34.5 Å². The Kier molecular flexibility index (Phi) is 5.39. The molecule has 0 aromatic rings. The van der Waals surface area contributed by atoms with Gasteiger partial charge in [-0.25, -0.2) is 4.79 Å². The van der Waals surface area contributed by atoms with Gasteiger partial charge in [0.1, 0.15) is 5.60 Å². The summed E-state index contributed by atoms with van der Waals surface area (Å²) in [7, 11) is 0. The Labute approximate surface area is 184 Å². The summed E-state index contributed by atoms with van der Waals surface area (Å²) < 4.78 is 0. The predicted octanol–water partition coefficient (Wildman–Crippen LogP) is 2.23. The average molecular weight is 441 g/mol. The Morgan fingerprint density at radius 1 is 0.806 bits per heavy atom. The Balaban J connectivity index is 1.64. The smallest absolute Gasteiger partial charge is 0.370 e. The van der Waals surface area contributed by atoms with Crippen LogP contribution in [0.1, 0.15) is 85.0 Å². The monoisotopic (exact) mass is 440 g/mol. The molecule has 0 aromatic heterocycles. The minimum Gasteiger partial charge on any atom is -0.477 e. The highest BCUT2D eigenvalue weighted by Crippen LogP contribution is 2.69. The van der Waals surface area contributed by atoms with Crippen LogP contribution in [0.25, 0.3) is 0 Å². The highest BCUT2D eigenvalue weighted by molar-refractivity contribution is 5.76. The summed E-state index contributed by atoms with van der Waals surface area (Å²) in [6.45, 7) is 5.69. The first-order valence-corrected chi connectivity index (χ1v) is 12.1. The second-order valence-electron chi connectivity index (χ2n) is 11.9. The summed E-state index contributed by atoms with van der Waals surface area (Å²) >= 11 is 0. The maximum absolute atomic E-state index is 11.3. The van der Waals surface area contributed by atoms with Gasteiger partial charge < -0.3 is 30.6 Å². The van der Waals surface area contributed by atoms with Gasteiger partial charge in [0.15, 0.2) is 0 Å². The van der Waals surface area contributed by atoms with Gasteiger partial charge in [-0.15, -0.1) is 0 Å². The molecule has 4 aliphatic rings. The molecule has 178 valence electrons. The molecule has 6 N–H and O–H groups in total. The molecule has 0 saturated heterocycles. The number of fused-ring (bicyclic) bond motifs is 5. The molecule has 0 bridgehead atoms. The quantitative estimate of drug-likeness (QED) is 0.369. The van der Waals surface area contributed by atoms with Crippen LogP contribution in [0.3, 0.4) is 0 Å². The highest BCUT2D eigenvalue weighted by Gasteiger charge is 2.71. The average Bonchev–Trinajstić information content (AvgIpc) is 3.05. The summed E-state index contributed by atoms with van der Waals surface area (Å²) in [6.07, 6.45) is 10.7. The number of carboxylic acids is 1. The SMILES string of the molecule is C[C@]12CC[C@H]3[C@@H](CCC4CCCC[C@@]43C)[C@@H]1CC[C@@H]2[C@@](C)(O)C(O)(O)C(O)(O)C(=O)O. The number of hydrogen-bond acceptors (Lipinski definition) is 6. The number of carbonyl (C=O) groups is 1. The van der Waals surface area contributed by atoms with Gasteiger partial charge in [-0.3, -0.25) is 0 Å². The van der Waals surface area contributed by atoms with Gasteiger partial charge in [0.2, 0.25) is 0 Å². The lowest BCUT2D eigenvalue weighted by Gasteiger charge is -2.61. The van der Waals surface area contributed by atoms with Gasteiger partial charge in [0.25, 0.3) is 5.79 Å².